The molecule has 0 aliphatic heterocycles. The van der Waals surface area contributed by atoms with Gasteiger partial charge < -0.3 is 5.73 Å². The zero-order chi connectivity index (χ0) is 12.0. The van der Waals surface area contributed by atoms with Gasteiger partial charge in [0.25, 0.3) is 0 Å². The number of nitrogens with two attached hydrogens (primary N) is 1. The molecule has 1 aromatic carbocycles. The maximum atomic E-state index is 10.9. The van der Waals surface area contributed by atoms with Gasteiger partial charge in [0.2, 0.25) is 5.91 Å². The number of hydrogen-bond acceptors (Lipinski definition) is 2. The van der Waals surface area contributed by atoms with Crippen LogP contribution >= 0.6 is 0 Å². The zero-order valence-corrected chi connectivity index (χ0v) is 10.0. The van der Waals surface area contributed by atoms with Crippen LogP contribution in [0.25, 0.3) is 0 Å². The molecule has 0 saturated heterocycles. The van der Waals surface area contributed by atoms with Crippen LogP contribution in [0, 0.1) is 0 Å². The van der Waals surface area contributed by atoms with Gasteiger partial charge in [-0.2, -0.15) is 0 Å². The molecule has 2 N–H and O–H groups in total. The molecule has 1 amide bonds. The van der Waals surface area contributed by atoms with Crippen molar-refractivity contribution >= 4 is 5.91 Å². The summed E-state index contributed by atoms with van der Waals surface area (Å²) >= 11 is 0. The first-order chi connectivity index (χ1) is 7.63. The summed E-state index contributed by atoms with van der Waals surface area (Å²) in [7, 11) is 0. The minimum atomic E-state index is -0.237. The van der Waals surface area contributed by atoms with Crippen LogP contribution in [0.4, 0.5) is 0 Å². The molecular formula is C13H20N2O. The SMILES string of the molecule is CCN(Cc1ccccc1)C(C)CC(N)=O. The smallest absolute Gasteiger partial charge is 0.218 e. The van der Waals surface area contributed by atoms with Crippen LogP contribution < -0.4 is 5.73 Å². The van der Waals surface area contributed by atoms with E-state index in [9.17, 15) is 4.79 Å². The number of carbonyl (C=O) groups excluding carboxylic acids is 1. The quantitative estimate of drug-likeness (QED) is 0.794. The third-order valence-electron chi connectivity index (χ3n) is 2.75. The van der Waals surface area contributed by atoms with Crippen molar-refractivity contribution in [2.75, 3.05) is 6.54 Å². The van der Waals surface area contributed by atoms with Crippen LogP contribution in [0.3, 0.4) is 0 Å². The molecule has 1 aromatic rings. The molecule has 3 nitrogen and oxygen atoms in total. The lowest BCUT2D eigenvalue weighted by Crippen LogP contribution is -2.35. The second kappa shape index (κ2) is 6.28. The van der Waals surface area contributed by atoms with E-state index in [4.69, 9.17) is 5.73 Å². The number of carbonyl (C=O) groups is 1. The van der Waals surface area contributed by atoms with Crippen LogP contribution in [0.2, 0.25) is 0 Å². The van der Waals surface area contributed by atoms with E-state index < -0.39 is 0 Å². The Morgan fingerprint density at radius 2 is 2.00 bits per heavy atom. The minimum absolute atomic E-state index is 0.197. The zero-order valence-electron chi connectivity index (χ0n) is 10.0. The average molecular weight is 220 g/mol. The topological polar surface area (TPSA) is 46.3 Å². The van der Waals surface area contributed by atoms with Gasteiger partial charge in [0.15, 0.2) is 0 Å². The van der Waals surface area contributed by atoms with Gasteiger partial charge in [-0.1, -0.05) is 37.3 Å². The predicted molar refractivity (Wildman–Crippen MR) is 65.8 cm³/mol. The van der Waals surface area contributed by atoms with Gasteiger partial charge in [0.1, 0.15) is 0 Å². The highest BCUT2D eigenvalue weighted by Gasteiger charge is 2.14. The molecule has 3 heteroatoms. The lowest BCUT2D eigenvalue weighted by molar-refractivity contribution is -0.119. The van der Waals surface area contributed by atoms with Crippen molar-refractivity contribution in [3.8, 4) is 0 Å². The molecule has 1 atom stereocenters. The number of rotatable bonds is 6. The normalized spacial score (nSPS) is 12.7. The Hall–Kier alpha value is -1.35. The third-order valence-corrected chi connectivity index (χ3v) is 2.75. The van der Waals surface area contributed by atoms with Gasteiger partial charge in [0, 0.05) is 19.0 Å². The molecular weight excluding hydrogens is 200 g/mol. The molecule has 0 spiro atoms. The molecule has 0 saturated carbocycles. The summed E-state index contributed by atoms with van der Waals surface area (Å²) in [4.78, 5) is 13.1. The van der Waals surface area contributed by atoms with E-state index in [0.29, 0.717) is 6.42 Å². The predicted octanol–water partition coefficient (Wildman–Crippen LogP) is 1.77. The van der Waals surface area contributed by atoms with Gasteiger partial charge in [0.05, 0.1) is 0 Å². The number of hydrogen-bond donors (Lipinski definition) is 1. The second-order valence-corrected chi connectivity index (χ2v) is 4.07. The van der Waals surface area contributed by atoms with Gasteiger partial charge in [-0.05, 0) is 19.0 Å². The minimum Gasteiger partial charge on any atom is -0.370 e. The van der Waals surface area contributed by atoms with Crippen LogP contribution in [-0.2, 0) is 11.3 Å². The summed E-state index contributed by atoms with van der Waals surface area (Å²) < 4.78 is 0. The van der Waals surface area contributed by atoms with Crippen LogP contribution in [0.1, 0.15) is 25.8 Å². The lowest BCUT2D eigenvalue weighted by atomic mass is 10.1. The van der Waals surface area contributed by atoms with Crippen molar-refractivity contribution in [3.63, 3.8) is 0 Å². The highest BCUT2D eigenvalue weighted by molar-refractivity contribution is 5.74. The van der Waals surface area contributed by atoms with Crippen molar-refractivity contribution in [1.82, 2.24) is 4.90 Å². The Bertz CT molecular complexity index is 324. The third kappa shape index (κ3) is 4.03. The Morgan fingerprint density at radius 3 is 2.50 bits per heavy atom. The fraction of sp³-hybridized carbons (Fsp3) is 0.462. The Morgan fingerprint density at radius 1 is 1.38 bits per heavy atom. The fourth-order valence-corrected chi connectivity index (χ4v) is 1.82. The lowest BCUT2D eigenvalue weighted by Gasteiger charge is -2.27. The van der Waals surface area contributed by atoms with Crippen molar-refractivity contribution < 1.29 is 4.79 Å². The summed E-state index contributed by atoms with van der Waals surface area (Å²) in [6, 6.07) is 10.5. The van der Waals surface area contributed by atoms with Crippen molar-refractivity contribution in [2.45, 2.75) is 32.9 Å². The van der Waals surface area contributed by atoms with Gasteiger partial charge in [-0.15, -0.1) is 0 Å². The Kier molecular flexibility index (Phi) is 4.99. The summed E-state index contributed by atoms with van der Waals surface area (Å²) in [6.45, 7) is 5.92. The van der Waals surface area contributed by atoms with Crippen LogP contribution in [0.15, 0.2) is 30.3 Å². The molecule has 0 fully saturated rings. The van der Waals surface area contributed by atoms with E-state index in [1.165, 1.54) is 5.56 Å². The first-order valence-electron chi connectivity index (χ1n) is 5.69. The first-order valence-corrected chi connectivity index (χ1v) is 5.69. The molecule has 0 aliphatic carbocycles. The average Bonchev–Trinajstić information content (AvgIpc) is 2.26. The largest absolute Gasteiger partial charge is 0.370 e. The number of primary amides is 1. The molecule has 16 heavy (non-hydrogen) atoms. The second-order valence-electron chi connectivity index (χ2n) is 4.07. The molecule has 1 rings (SSSR count). The van der Waals surface area contributed by atoms with Crippen LogP contribution in [0.5, 0.6) is 0 Å². The van der Waals surface area contributed by atoms with Crippen molar-refractivity contribution in [1.29, 1.82) is 0 Å². The molecule has 0 radical (unpaired) electrons. The standard InChI is InChI=1S/C13H20N2O/c1-3-15(11(2)9-13(14)16)10-12-7-5-4-6-8-12/h4-8,11H,3,9-10H2,1-2H3,(H2,14,16). The summed E-state index contributed by atoms with van der Waals surface area (Å²) in [5.41, 5.74) is 6.48. The van der Waals surface area contributed by atoms with E-state index in [1.807, 2.05) is 25.1 Å². The summed E-state index contributed by atoms with van der Waals surface area (Å²) in [5.74, 6) is -0.237. The summed E-state index contributed by atoms with van der Waals surface area (Å²) in [5, 5.41) is 0. The van der Waals surface area contributed by atoms with Gasteiger partial charge >= 0.3 is 0 Å². The summed E-state index contributed by atoms with van der Waals surface area (Å²) in [6.07, 6.45) is 0.417. The molecule has 0 bridgehead atoms. The van der Waals surface area contributed by atoms with Gasteiger partial charge in [-0.3, -0.25) is 9.69 Å². The molecule has 0 aromatic heterocycles. The highest BCUT2D eigenvalue weighted by atomic mass is 16.1. The molecule has 88 valence electrons. The fourth-order valence-electron chi connectivity index (χ4n) is 1.82. The molecule has 0 heterocycles. The number of nitrogens with zero attached hydrogens (tertiary/aromatic N) is 1. The van der Waals surface area contributed by atoms with E-state index in [2.05, 4.69) is 24.0 Å². The molecule has 0 aliphatic rings. The maximum Gasteiger partial charge on any atom is 0.218 e. The Balaban J connectivity index is 2.58. The number of amides is 1. The Labute approximate surface area is 97.2 Å². The van der Waals surface area contributed by atoms with Crippen molar-refractivity contribution in [2.24, 2.45) is 5.73 Å². The molecule has 1 unspecified atom stereocenters. The van der Waals surface area contributed by atoms with Crippen molar-refractivity contribution in [3.05, 3.63) is 35.9 Å². The van der Waals surface area contributed by atoms with Crippen LogP contribution in [-0.4, -0.2) is 23.4 Å². The van der Waals surface area contributed by atoms with Gasteiger partial charge in [-0.25, -0.2) is 0 Å². The maximum absolute atomic E-state index is 10.9. The monoisotopic (exact) mass is 220 g/mol. The van der Waals surface area contributed by atoms with E-state index in [1.54, 1.807) is 0 Å². The van der Waals surface area contributed by atoms with E-state index in [0.717, 1.165) is 13.1 Å². The number of benzene rings is 1. The first kappa shape index (κ1) is 12.7. The van der Waals surface area contributed by atoms with E-state index >= 15 is 0 Å². The van der Waals surface area contributed by atoms with E-state index in [-0.39, 0.29) is 11.9 Å². The highest BCUT2D eigenvalue weighted by Crippen LogP contribution is 2.09.